The van der Waals surface area contributed by atoms with Gasteiger partial charge in [0.2, 0.25) is 0 Å². The molecular weight excluding hydrogens is 246 g/mol. The molecule has 3 nitrogen and oxygen atoms in total. The number of nitrogen functional groups attached to an aromatic ring is 1. The van der Waals surface area contributed by atoms with E-state index in [0.29, 0.717) is 10.6 Å². The van der Waals surface area contributed by atoms with E-state index < -0.39 is 5.97 Å². The molecule has 3 N–H and O–H groups in total. The van der Waals surface area contributed by atoms with Gasteiger partial charge < -0.3 is 10.8 Å². The van der Waals surface area contributed by atoms with Gasteiger partial charge in [-0.3, -0.25) is 0 Å². The van der Waals surface area contributed by atoms with Gasteiger partial charge in [-0.1, -0.05) is 35.5 Å². The maximum absolute atomic E-state index is 11.2. The van der Waals surface area contributed by atoms with Crippen LogP contribution in [0.5, 0.6) is 0 Å². The average Bonchev–Trinajstić information content (AvgIpc) is 2.31. The first-order valence-electron chi connectivity index (χ1n) is 5.44. The van der Waals surface area contributed by atoms with Crippen LogP contribution in [-0.2, 0) is 0 Å². The number of rotatable bonds is 3. The molecule has 4 heteroatoms. The van der Waals surface area contributed by atoms with Gasteiger partial charge >= 0.3 is 5.97 Å². The Morgan fingerprint density at radius 2 is 1.94 bits per heavy atom. The maximum Gasteiger partial charge on any atom is 0.336 e. The first kappa shape index (κ1) is 12.5. The monoisotopic (exact) mass is 259 g/mol. The van der Waals surface area contributed by atoms with Crippen LogP contribution in [-0.4, -0.2) is 11.1 Å². The molecule has 0 amide bonds. The zero-order valence-electron chi connectivity index (χ0n) is 9.88. The Kier molecular flexibility index (Phi) is 3.58. The fourth-order valence-corrected chi connectivity index (χ4v) is 2.71. The lowest BCUT2D eigenvalue weighted by atomic mass is 10.2. The summed E-state index contributed by atoms with van der Waals surface area (Å²) in [6.07, 6.45) is 0. The molecule has 2 aromatic rings. The number of aryl methyl sites for hydroxylation is 1. The van der Waals surface area contributed by atoms with Crippen molar-refractivity contribution < 1.29 is 9.90 Å². The third-order valence-corrected chi connectivity index (χ3v) is 3.63. The molecule has 0 aliphatic rings. The van der Waals surface area contributed by atoms with Gasteiger partial charge in [0.1, 0.15) is 0 Å². The molecule has 0 saturated carbocycles. The van der Waals surface area contributed by atoms with Gasteiger partial charge in [-0.2, -0.15) is 0 Å². The van der Waals surface area contributed by atoms with Crippen molar-refractivity contribution in [3.63, 3.8) is 0 Å². The van der Waals surface area contributed by atoms with Crippen molar-refractivity contribution >= 4 is 23.4 Å². The molecule has 2 aromatic carbocycles. The lowest BCUT2D eigenvalue weighted by Crippen LogP contribution is -2.01. The van der Waals surface area contributed by atoms with Crippen molar-refractivity contribution in [2.75, 3.05) is 5.73 Å². The van der Waals surface area contributed by atoms with Crippen LogP contribution in [0.3, 0.4) is 0 Å². The minimum absolute atomic E-state index is 0.238. The van der Waals surface area contributed by atoms with E-state index in [-0.39, 0.29) is 5.56 Å². The smallest absolute Gasteiger partial charge is 0.336 e. The second-order valence-corrected chi connectivity index (χ2v) is 5.03. The predicted molar refractivity (Wildman–Crippen MR) is 73.1 cm³/mol. The topological polar surface area (TPSA) is 63.3 Å². The number of carbonyl (C=O) groups is 1. The number of hydrogen-bond acceptors (Lipinski definition) is 3. The summed E-state index contributed by atoms with van der Waals surface area (Å²) < 4.78 is 0. The highest BCUT2D eigenvalue weighted by Gasteiger charge is 2.13. The van der Waals surface area contributed by atoms with E-state index in [9.17, 15) is 4.79 Å². The largest absolute Gasteiger partial charge is 0.478 e. The van der Waals surface area contributed by atoms with Gasteiger partial charge in [0.15, 0.2) is 0 Å². The van der Waals surface area contributed by atoms with Crippen LogP contribution in [0.4, 0.5) is 5.69 Å². The van der Waals surface area contributed by atoms with Crippen molar-refractivity contribution in [1.82, 2.24) is 0 Å². The van der Waals surface area contributed by atoms with E-state index in [1.807, 2.05) is 31.2 Å². The lowest BCUT2D eigenvalue weighted by Gasteiger charge is -2.09. The van der Waals surface area contributed by atoms with Gasteiger partial charge in [0.05, 0.1) is 5.56 Å². The summed E-state index contributed by atoms with van der Waals surface area (Å²) in [7, 11) is 0. The highest BCUT2D eigenvalue weighted by molar-refractivity contribution is 7.99. The summed E-state index contributed by atoms with van der Waals surface area (Å²) in [5, 5.41) is 9.15. The standard InChI is InChI=1S/C14H13NO2S/c1-9-4-2-5-10(8-9)18-13-11(14(16)17)6-3-7-12(13)15/h2-8H,15H2,1H3,(H,16,17). The van der Waals surface area contributed by atoms with Crippen molar-refractivity contribution in [2.24, 2.45) is 0 Å². The zero-order chi connectivity index (χ0) is 13.1. The summed E-state index contributed by atoms with van der Waals surface area (Å²) in [6.45, 7) is 2.00. The van der Waals surface area contributed by atoms with E-state index in [2.05, 4.69) is 0 Å². The number of carboxylic acids is 1. The van der Waals surface area contributed by atoms with Gasteiger partial charge in [0, 0.05) is 15.5 Å². The van der Waals surface area contributed by atoms with E-state index in [1.54, 1.807) is 18.2 Å². The molecule has 0 unspecified atom stereocenters. The van der Waals surface area contributed by atoms with Crippen LogP contribution in [0.2, 0.25) is 0 Å². The molecule has 92 valence electrons. The highest BCUT2D eigenvalue weighted by Crippen LogP contribution is 2.35. The lowest BCUT2D eigenvalue weighted by molar-refractivity contribution is 0.0693. The van der Waals surface area contributed by atoms with Crippen LogP contribution >= 0.6 is 11.8 Å². The van der Waals surface area contributed by atoms with Crippen LogP contribution in [0, 0.1) is 6.92 Å². The number of aromatic carboxylic acids is 1. The zero-order valence-corrected chi connectivity index (χ0v) is 10.7. The molecule has 0 atom stereocenters. The number of carboxylic acid groups (broad SMARTS) is 1. The van der Waals surface area contributed by atoms with E-state index in [0.717, 1.165) is 10.5 Å². The minimum Gasteiger partial charge on any atom is -0.478 e. The molecule has 2 rings (SSSR count). The van der Waals surface area contributed by atoms with E-state index in [1.165, 1.54) is 11.8 Å². The summed E-state index contributed by atoms with van der Waals surface area (Å²) in [5.41, 5.74) is 7.72. The maximum atomic E-state index is 11.2. The number of benzene rings is 2. The van der Waals surface area contributed by atoms with Gasteiger partial charge in [-0.05, 0) is 31.2 Å². The van der Waals surface area contributed by atoms with Crippen LogP contribution in [0.25, 0.3) is 0 Å². The molecule has 0 aromatic heterocycles. The third-order valence-electron chi connectivity index (χ3n) is 2.49. The summed E-state index contributed by atoms with van der Waals surface area (Å²) in [4.78, 5) is 12.7. The van der Waals surface area contributed by atoms with E-state index in [4.69, 9.17) is 10.8 Å². The molecule has 0 fully saturated rings. The van der Waals surface area contributed by atoms with Crippen molar-refractivity contribution in [2.45, 2.75) is 16.7 Å². The summed E-state index contributed by atoms with van der Waals surface area (Å²) >= 11 is 1.38. The Hall–Kier alpha value is -1.94. The minimum atomic E-state index is -0.961. The molecule has 18 heavy (non-hydrogen) atoms. The molecule has 0 radical (unpaired) electrons. The van der Waals surface area contributed by atoms with E-state index >= 15 is 0 Å². The average molecular weight is 259 g/mol. The summed E-state index contributed by atoms with van der Waals surface area (Å²) in [6, 6.07) is 12.8. The normalized spacial score (nSPS) is 10.3. The third kappa shape index (κ3) is 2.65. The predicted octanol–water partition coefficient (Wildman–Crippen LogP) is 3.43. The van der Waals surface area contributed by atoms with Crippen LogP contribution in [0.1, 0.15) is 15.9 Å². The second-order valence-electron chi connectivity index (χ2n) is 3.95. The molecule has 0 aliphatic carbocycles. The van der Waals surface area contributed by atoms with Gasteiger partial charge in [0.25, 0.3) is 0 Å². The van der Waals surface area contributed by atoms with Gasteiger partial charge in [-0.25, -0.2) is 4.79 Å². The van der Waals surface area contributed by atoms with Crippen LogP contribution < -0.4 is 5.73 Å². The molecule has 0 aliphatic heterocycles. The van der Waals surface area contributed by atoms with Crippen molar-refractivity contribution in [3.05, 3.63) is 53.6 Å². The Bertz CT molecular complexity index is 596. The van der Waals surface area contributed by atoms with Crippen LogP contribution in [0.15, 0.2) is 52.3 Å². The fourth-order valence-electron chi connectivity index (χ4n) is 1.63. The quantitative estimate of drug-likeness (QED) is 0.829. The second kappa shape index (κ2) is 5.14. The van der Waals surface area contributed by atoms with Gasteiger partial charge in [-0.15, -0.1) is 0 Å². The first-order chi connectivity index (χ1) is 8.58. The van der Waals surface area contributed by atoms with Crippen molar-refractivity contribution in [1.29, 1.82) is 0 Å². The molecular formula is C14H13NO2S. The number of anilines is 1. The Morgan fingerprint density at radius 1 is 1.22 bits per heavy atom. The molecule has 0 heterocycles. The summed E-state index contributed by atoms with van der Waals surface area (Å²) in [5.74, 6) is -0.961. The molecule has 0 saturated heterocycles. The SMILES string of the molecule is Cc1cccc(Sc2c(N)cccc2C(=O)O)c1. The Morgan fingerprint density at radius 3 is 2.61 bits per heavy atom. The Labute approximate surface area is 110 Å². The molecule has 0 bridgehead atoms. The van der Waals surface area contributed by atoms with Crippen molar-refractivity contribution in [3.8, 4) is 0 Å². The molecule has 0 spiro atoms. The first-order valence-corrected chi connectivity index (χ1v) is 6.26. The Balaban J connectivity index is 2.42. The highest BCUT2D eigenvalue weighted by atomic mass is 32.2. The number of nitrogens with two attached hydrogens (primary N) is 1. The number of hydrogen-bond donors (Lipinski definition) is 2. The fraction of sp³-hybridized carbons (Fsp3) is 0.0714.